The Bertz CT molecular complexity index is 915. The molecule has 1 aromatic heterocycles. The van der Waals surface area contributed by atoms with Crippen molar-refractivity contribution in [1.29, 1.82) is 0 Å². The van der Waals surface area contributed by atoms with Gasteiger partial charge in [-0.3, -0.25) is 9.59 Å². The Labute approximate surface area is 168 Å². The van der Waals surface area contributed by atoms with Gasteiger partial charge < -0.3 is 20.3 Å². The summed E-state index contributed by atoms with van der Waals surface area (Å²) in [4.78, 5) is 30.9. The molecule has 29 heavy (non-hydrogen) atoms. The van der Waals surface area contributed by atoms with E-state index in [1.807, 2.05) is 0 Å². The van der Waals surface area contributed by atoms with Crippen LogP contribution >= 0.6 is 0 Å². The van der Waals surface area contributed by atoms with Crippen molar-refractivity contribution in [3.63, 3.8) is 0 Å². The molecule has 1 fully saturated rings. The summed E-state index contributed by atoms with van der Waals surface area (Å²) in [7, 11) is 0. The topological polar surface area (TPSA) is 83.6 Å². The zero-order chi connectivity index (χ0) is 20.2. The SMILES string of the molecule is O=C(NCCc1ccccc1F)c1cnc2c(c1)N(CC1CCCO1)C(=O)CN2. The largest absolute Gasteiger partial charge is 0.376 e. The van der Waals surface area contributed by atoms with Gasteiger partial charge in [0.05, 0.1) is 30.4 Å². The van der Waals surface area contributed by atoms with Crippen LogP contribution in [0.25, 0.3) is 0 Å². The van der Waals surface area contributed by atoms with E-state index < -0.39 is 0 Å². The van der Waals surface area contributed by atoms with E-state index in [2.05, 4.69) is 15.6 Å². The van der Waals surface area contributed by atoms with Gasteiger partial charge >= 0.3 is 0 Å². The first-order valence-corrected chi connectivity index (χ1v) is 9.79. The Balaban J connectivity index is 1.44. The fourth-order valence-electron chi connectivity index (χ4n) is 3.61. The van der Waals surface area contributed by atoms with Gasteiger partial charge in [0.2, 0.25) is 5.91 Å². The second-order valence-corrected chi connectivity index (χ2v) is 7.18. The lowest BCUT2D eigenvalue weighted by molar-refractivity contribution is -0.117. The number of rotatable bonds is 6. The first-order valence-electron chi connectivity index (χ1n) is 9.79. The van der Waals surface area contributed by atoms with Crippen LogP contribution in [0.3, 0.4) is 0 Å². The van der Waals surface area contributed by atoms with Gasteiger partial charge in [0.1, 0.15) is 11.6 Å². The molecule has 0 bridgehead atoms. The Morgan fingerprint density at radius 2 is 2.24 bits per heavy atom. The maximum atomic E-state index is 13.7. The first-order chi connectivity index (χ1) is 14.1. The predicted octanol–water partition coefficient (Wildman–Crippen LogP) is 2.13. The van der Waals surface area contributed by atoms with Crippen molar-refractivity contribution in [2.45, 2.75) is 25.4 Å². The molecule has 2 N–H and O–H groups in total. The van der Waals surface area contributed by atoms with Crippen LogP contribution < -0.4 is 15.5 Å². The van der Waals surface area contributed by atoms with E-state index in [0.29, 0.717) is 48.7 Å². The van der Waals surface area contributed by atoms with Gasteiger partial charge in [0, 0.05) is 19.3 Å². The molecule has 1 atom stereocenters. The normalized spacial score (nSPS) is 18.3. The summed E-state index contributed by atoms with van der Waals surface area (Å²) in [5.41, 5.74) is 1.48. The molecule has 152 valence electrons. The zero-order valence-electron chi connectivity index (χ0n) is 16.0. The minimum atomic E-state index is -0.313. The number of carbonyl (C=O) groups excluding carboxylic acids is 2. The number of nitrogens with one attached hydrogen (secondary N) is 2. The van der Waals surface area contributed by atoms with Crippen molar-refractivity contribution in [2.24, 2.45) is 0 Å². The van der Waals surface area contributed by atoms with Crippen LogP contribution in [0.15, 0.2) is 36.5 Å². The van der Waals surface area contributed by atoms with E-state index in [1.54, 1.807) is 29.2 Å². The summed E-state index contributed by atoms with van der Waals surface area (Å²) in [6.07, 6.45) is 3.77. The highest BCUT2D eigenvalue weighted by Crippen LogP contribution is 2.29. The second kappa shape index (κ2) is 8.57. The minimum Gasteiger partial charge on any atom is -0.376 e. The van der Waals surface area contributed by atoms with Crippen molar-refractivity contribution >= 4 is 23.3 Å². The number of aromatic nitrogens is 1. The summed E-state index contributed by atoms with van der Waals surface area (Å²) >= 11 is 0. The molecular formula is C21H23FN4O3. The molecule has 3 heterocycles. The van der Waals surface area contributed by atoms with Gasteiger partial charge in [-0.05, 0) is 37.0 Å². The van der Waals surface area contributed by atoms with E-state index in [9.17, 15) is 14.0 Å². The fraction of sp³-hybridized carbons (Fsp3) is 0.381. The first kappa shape index (κ1) is 19.3. The van der Waals surface area contributed by atoms with E-state index in [-0.39, 0.29) is 30.3 Å². The predicted molar refractivity (Wildman–Crippen MR) is 106 cm³/mol. The van der Waals surface area contributed by atoms with Crippen LogP contribution in [0, 0.1) is 5.82 Å². The lowest BCUT2D eigenvalue weighted by Gasteiger charge is -2.31. The number of halogens is 1. The summed E-state index contributed by atoms with van der Waals surface area (Å²) in [6, 6.07) is 8.16. The maximum Gasteiger partial charge on any atom is 0.252 e. The highest BCUT2D eigenvalue weighted by molar-refractivity contribution is 6.04. The number of carbonyl (C=O) groups is 2. The van der Waals surface area contributed by atoms with Crippen LogP contribution in [0.5, 0.6) is 0 Å². The zero-order valence-corrected chi connectivity index (χ0v) is 16.0. The van der Waals surface area contributed by atoms with Crippen LogP contribution in [-0.2, 0) is 16.0 Å². The summed E-state index contributed by atoms with van der Waals surface area (Å²) < 4.78 is 19.4. The lowest BCUT2D eigenvalue weighted by Crippen LogP contribution is -2.44. The Morgan fingerprint density at radius 1 is 1.38 bits per heavy atom. The lowest BCUT2D eigenvalue weighted by atomic mass is 10.1. The van der Waals surface area contributed by atoms with Gasteiger partial charge in [-0.25, -0.2) is 9.37 Å². The Hall–Kier alpha value is -3.00. The summed E-state index contributed by atoms with van der Waals surface area (Å²) in [5, 5.41) is 5.77. The standard InChI is InChI=1S/C21H23FN4O3/c22-17-6-2-1-4-14(17)7-8-23-21(28)15-10-18-20(24-11-15)25-12-19(27)26(18)13-16-5-3-9-29-16/h1-2,4,6,10-11,16H,3,5,7-9,12-13H2,(H,23,28)(H,24,25). The molecule has 0 radical (unpaired) electrons. The van der Waals surface area contributed by atoms with Crippen molar-refractivity contribution in [3.05, 3.63) is 53.5 Å². The summed E-state index contributed by atoms with van der Waals surface area (Å²) in [6.45, 7) is 1.63. The minimum absolute atomic E-state index is 0.00292. The van der Waals surface area contributed by atoms with Gasteiger partial charge in [0.25, 0.3) is 5.91 Å². The molecule has 0 aliphatic carbocycles. The van der Waals surface area contributed by atoms with Crippen LogP contribution in [0.2, 0.25) is 0 Å². The average Bonchev–Trinajstić information content (AvgIpc) is 3.24. The number of fused-ring (bicyclic) bond motifs is 1. The number of hydrogen-bond donors (Lipinski definition) is 2. The van der Waals surface area contributed by atoms with Gasteiger partial charge in [-0.15, -0.1) is 0 Å². The maximum absolute atomic E-state index is 13.7. The molecule has 1 aromatic carbocycles. The molecule has 0 saturated carbocycles. The molecule has 2 aromatic rings. The molecule has 2 aliphatic rings. The number of ether oxygens (including phenoxy) is 1. The molecule has 4 rings (SSSR count). The molecular weight excluding hydrogens is 375 g/mol. The van der Waals surface area contributed by atoms with Crippen molar-refractivity contribution in [2.75, 3.05) is 36.5 Å². The molecule has 1 unspecified atom stereocenters. The highest BCUT2D eigenvalue weighted by Gasteiger charge is 2.29. The quantitative estimate of drug-likeness (QED) is 0.779. The van der Waals surface area contributed by atoms with E-state index in [4.69, 9.17) is 4.74 Å². The van der Waals surface area contributed by atoms with E-state index in [1.165, 1.54) is 12.3 Å². The monoisotopic (exact) mass is 398 g/mol. The molecule has 1 saturated heterocycles. The smallest absolute Gasteiger partial charge is 0.252 e. The third-order valence-electron chi connectivity index (χ3n) is 5.18. The number of benzene rings is 1. The number of nitrogens with zero attached hydrogens (tertiary/aromatic N) is 2. The second-order valence-electron chi connectivity index (χ2n) is 7.18. The van der Waals surface area contributed by atoms with Crippen molar-refractivity contribution in [1.82, 2.24) is 10.3 Å². The molecule has 7 nitrogen and oxygen atoms in total. The Morgan fingerprint density at radius 3 is 3.03 bits per heavy atom. The van der Waals surface area contributed by atoms with Gasteiger partial charge in [-0.1, -0.05) is 18.2 Å². The number of pyridine rings is 1. The van der Waals surface area contributed by atoms with Crippen LogP contribution in [-0.4, -0.2) is 49.1 Å². The molecule has 0 spiro atoms. The average molecular weight is 398 g/mol. The number of hydrogen-bond acceptors (Lipinski definition) is 5. The van der Waals surface area contributed by atoms with Crippen molar-refractivity contribution in [3.8, 4) is 0 Å². The Kier molecular flexibility index (Phi) is 5.71. The third kappa shape index (κ3) is 4.37. The van der Waals surface area contributed by atoms with Crippen molar-refractivity contribution < 1.29 is 18.7 Å². The molecule has 2 amide bonds. The number of amides is 2. The van der Waals surface area contributed by atoms with Gasteiger partial charge in [-0.2, -0.15) is 0 Å². The number of anilines is 2. The third-order valence-corrected chi connectivity index (χ3v) is 5.18. The van der Waals surface area contributed by atoms with Gasteiger partial charge in [0.15, 0.2) is 0 Å². The fourth-order valence-corrected chi connectivity index (χ4v) is 3.61. The van der Waals surface area contributed by atoms with E-state index >= 15 is 0 Å². The van der Waals surface area contributed by atoms with Crippen LogP contribution in [0.1, 0.15) is 28.8 Å². The molecule has 8 heteroatoms. The summed E-state index contributed by atoms with van der Waals surface area (Å²) in [5.74, 6) is -0.101. The van der Waals surface area contributed by atoms with E-state index in [0.717, 1.165) is 12.8 Å². The highest BCUT2D eigenvalue weighted by atomic mass is 19.1. The molecule has 2 aliphatic heterocycles. The van der Waals surface area contributed by atoms with Crippen LogP contribution in [0.4, 0.5) is 15.9 Å².